The molecule has 51 heavy (non-hydrogen) atoms. The van der Waals surface area contributed by atoms with Gasteiger partial charge in [0.1, 0.15) is 5.75 Å². The molecule has 2 N–H and O–H groups in total. The van der Waals surface area contributed by atoms with Gasteiger partial charge in [0.2, 0.25) is 12.3 Å². The normalized spacial score (nSPS) is 21.1. The van der Waals surface area contributed by atoms with E-state index in [1.54, 1.807) is 21.8 Å². The van der Waals surface area contributed by atoms with Crippen molar-refractivity contribution in [2.45, 2.75) is 56.8 Å². The minimum atomic E-state index is -3.04. The molecule has 1 saturated heterocycles. The highest BCUT2D eigenvalue weighted by Gasteiger charge is 2.66. The van der Waals surface area contributed by atoms with E-state index in [0.717, 1.165) is 23.2 Å². The number of anilines is 3. The molecule has 1 fully saturated rings. The van der Waals surface area contributed by atoms with Gasteiger partial charge in [-0.2, -0.15) is 0 Å². The average molecular weight is 708 g/mol. The van der Waals surface area contributed by atoms with Gasteiger partial charge in [-0.25, -0.2) is 0 Å². The molecule has 0 radical (unpaired) electrons. The van der Waals surface area contributed by atoms with Gasteiger partial charge < -0.3 is 29.2 Å². The molecule has 2 aliphatic heterocycles. The number of rotatable bonds is 13. The lowest BCUT2D eigenvalue weighted by atomic mass is 9.82. The van der Waals surface area contributed by atoms with E-state index in [9.17, 15) is 24.3 Å². The first-order chi connectivity index (χ1) is 24.5. The monoisotopic (exact) mass is 707 g/mol. The Morgan fingerprint density at radius 1 is 0.961 bits per heavy atom. The second-order valence-electron chi connectivity index (χ2n) is 13.8. The molecule has 0 bridgehead atoms. The Morgan fingerprint density at radius 3 is 2.22 bits per heavy atom. The third kappa shape index (κ3) is 6.94. The topological polar surface area (TPSA) is 120 Å². The number of hydrogen-bond acceptors (Lipinski definition) is 7. The van der Waals surface area contributed by atoms with Gasteiger partial charge in [-0.15, -0.1) is 0 Å². The largest absolute Gasteiger partial charge is 0.497 e. The van der Waals surface area contributed by atoms with Gasteiger partial charge in [-0.05, 0) is 66.7 Å². The fourth-order valence-corrected chi connectivity index (χ4v) is 10.4. The molecule has 10 nitrogen and oxygen atoms in total. The van der Waals surface area contributed by atoms with Crippen LogP contribution in [0.5, 0.6) is 5.75 Å². The SMILES string of the molecule is COc1ccc2c(c1)[C@@]1(O[C@H](CC(=O)N(CCO)Cc3ccccc3)[C@@H]([Si](C)(C)O)[C@@H]1C)C(=O)N2Cc1ccc(N(C=O)c2ccccc2)cc1. The number of ether oxygens (including phenoxy) is 2. The maximum Gasteiger partial charge on any atom is 0.264 e. The molecule has 4 aromatic carbocycles. The molecular weight excluding hydrogens is 663 g/mol. The third-order valence-corrected chi connectivity index (χ3v) is 12.7. The first-order valence-electron chi connectivity index (χ1n) is 17.2. The highest BCUT2D eigenvalue weighted by molar-refractivity contribution is 6.71. The molecule has 0 aliphatic carbocycles. The molecule has 0 aromatic heterocycles. The molecule has 2 heterocycles. The average Bonchev–Trinajstić information content (AvgIpc) is 3.55. The van der Waals surface area contributed by atoms with E-state index in [-0.39, 0.29) is 37.9 Å². The summed E-state index contributed by atoms with van der Waals surface area (Å²) in [5.41, 5.74) is 2.60. The van der Waals surface area contributed by atoms with Crippen molar-refractivity contribution in [3.63, 3.8) is 0 Å². The van der Waals surface area contributed by atoms with E-state index in [1.807, 2.05) is 123 Å². The van der Waals surface area contributed by atoms with Crippen molar-refractivity contribution in [1.29, 1.82) is 0 Å². The lowest BCUT2D eigenvalue weighted by molar-refractivity contribution is -0.150. The summed E-state index contributed by atoms with van der Waals surface area (Å²) >= 11 is 0. The Bertz CT molecular complexity index is 1850. The van der Waals surface area contributed by atoms with Crippen LogP contribution in [0.1, 0.15) is 30.0 Å². The Kier molecular flexibility index (Phi) is 10.5. The van der Waals surface area contributed by atoms with E-state index >= 15 is 0 Å². The zero-order valence-corrected chi connectivity index (χ0v) is 30.4. The minimum Gasteiger partial charge on any atom is -0.497 e. The Morgan fingerprint density at radius 2 is 1.61 bits per heavy atom. The number of benzene rings is 4. The predicted octanol–water partition coefficient (Wildman–Crippen LogP) is 5.75. The quantitative estimate of drug-likeness (QED) is 0.134. The molecule has 3 amide bonds. The fourth-order valence-electron chi connectivity index (χ4n) is 7.86. The van der Waals surface area contributed by atoms with Crippen molar-refractivity contribution < 1.29 is 33.8 Å². The maximum absolute atomic E-state index is 14.9. The molecular formula is C40H45N3O7Si. The first kappa shape index (κ1) is 36.0. The Balaban J connectivity index is 1.32. The van der Waals surface area contributed by atoms with Crippen LogP contribution in [0.15, 0.2) is 103 Å². The van der Waals surface area contributed by atoms with Gasteiger partial charge in [0.25, 0.3) is 5.91 Å². The van der Waals surface area contributed by atoms with Crippen molar-refractivity contribution >= 4 is 43.6 Å². The summed E-state index contributed by atoms with van der Waals surface area (Å²) in [7, 11) is -1.47. The minimum absolute atomic E-state index is 0.0523. The number of fused-ring (bicyclic) bond motifs is 2. The summed E-state index contributed by atoms with van der Waals surface area (Å²) < 4.78 is 12.5. The van der Waals surface area contributed by atoms with Crippen LogP contribution >= 0.6 is 0 Å². The van der Waals surface area contributed by atoms with Crippen LogP contribution in [0.2, 0.25) is 18.6 Å². The van der Waals surface area contributed by atoms with E-state index in [4.69, 9.17) is 9.47 Å². The molecule has 2 aliphatic rings. The molecule has 4 aromatic rings. The zero-order chi connectivity index (χ0) is 36.3. The van der Waals surface area contributed by atoms with Crippen LogP contribution in [0, 0.1) is 5.92 Å². The van der Waals surface area contributed by atoms with E-state index in [2.05, 4.69) is 0 Å². The Labute approximate surface area is 300 Å². The summed E-state index contributed by atoms with van der Waals surface area (Å²) in [6.45, 7) is 6.09. The molecule has 0 unspecified atom stereocenters. The van der Waals surface area contributed by atoms with Crippen LogP contribution in [0.4, 0.5) is 17.1 Å². The van der Waals surface area contributed by atoms with Crippen molar-refractivity contribution in [2.75, 3.05) is 30.1 Å². The van der Waals surface area contributed by atoms with Gasteiger partial charge in [0.15, 0.2) is 13.9 Å². The van der Waals surface area contributed by atoms with Gasteiger partial charge in [-0.1, -0.05) is 67.6 Å². The molecule has 0 saturated carbocycles. The van der Waals surface area contributed by atoms with Crippen LogP contribution in [0.25, 0.3) is 0 Å². The number of carbonyl (C=O) groups is 3. The maximum atomic E-state index is 14.9. The third-order valence-electron chi connectivity index (χ3n) is 10.2. The smallest absolute Gasteiger partial charge is 0.264 e. The van der Waals surface area contributed by atoms with E-state index < -0.39 is 31.5 Å². The lowest BCUT2D eigenvalue weighted by Crippen LogP contribution is -2.46. The molecule has 1 spiro atoms. The van der Waals surface area contributed by atoms with Crippen LogP contribution in [-0.2, 0) is 37.8 Å². The van der Waals surface area contributed by atoms with Crippen molar-refractivity contribution in [3.8, 4) is 5.75 Å². The van der Waals surface area contributed by atoms with Crippen LogP contribution < -0.4 is 14.5 Å². The number of nitrogens with zero attached hydrogens (tertiary/aromatic N) is 3. The summed E-state index contributed by atoms with van der Waals surface area (Å²) in [4.78, 5) is 57.4. The van der Waals surface area contributed by atoms with E-state index in [0.29, 0.717) is 29.2 Å². The standard InChI is InChI=1S/C40H45N3O7Si/c1-28-38(51(3,4)48)36(24-37(46)41(21-22-44)25-29-11-7-5-8-12-29)50-40(28)34-23-33(49-2)19-20-35(34)42(39(40)47)26-30-15-17-32(18-16-30)43(27-45)31-13-9-6-10-14-31/h5-20,23,27-28,36,38,44,48H,21-22,24-26H2,1-4H3/t28-,36+,38-,40+/m0/s1. The van der Waals surface area contributed by atoms with Gasteiger partial charge in [0, 0.05) is 41.5 Å². The second kappa shape index (κ2) is 14.8. The van der Waals surface area contributed by atoms with Crippen molar-refractivity contribution in [1.82, 2.24) is 4.90 Å². The second-order valence-corrected chi connectivity index (χ2v) is 17.8. The van der Waals surface area contributed by atoms with Crippen LogP contribution in [-0.4, -0.2) is 67.7 Å². The highest BCUT2D eigenvalue weighted by Crippen LogP contribution is 2.60. The number of para-hydroxylation sites is 1. The number of methoxy groups -OCH3 is 1. The number of aliphatic hydroxyl groups is 1. The van der Waals surface area contributed by atoms with E-state index in [1.165, 1.54) is 0 Å². The highest BCUT2D eigenvalue weighted by atomic mass is 28.4. The molecule has 11 heteroatoms. The summed E-state index contributed by atoms with van der Waals surface area (Å²) in [6, 6.07) is 31.9. The summed E-state index contributed by atoms with van der Waals surface area (Å²) in [5.74, 6) is -0.402. The molecule has 266 valence electrons. The number of hydrogen-bond donors (Lipinski definition) is 2. The fraction of sp³-hybridized carbons (Fsp3) is 0.325. The predicted molar refractivity (Wildman–Crippen MR) is 198 cm³/mol. The Hall–Kier alpha value is -4.81. The van der Waals surface area contributed by atoms with Gasteiger partial charge in [-0.3, -0.25) is 19.3 Å². The van der Waals surface area contributed by atoms with Crippen LogP contribution in [0.3, 0.4) is 0 Å². The number of carbonyl (C=O) groups excluding carboxylic acids is 3. The number of amides is 3. The van der Waals surface area contributed by atoms with Gasteiger partial charge in [0.05, 0.1) is 38.5 Å². The summed E-state index contributed by atoms with van der Waals surface area (Å²) in [6.07, 6.45) is -0.0244. The zero-order valence-electron chi connectivity index (χ0n) is 29.4. The lowest BCUT2D eigenvalue weighted by Gasteiger charge is -2.32. The molecule has 4 atom stereocenters. The summed E-state index contributed by atoms with van der Waals surface area (Å²) in [5, 5.41) is 9.83. The van der Waals surface area contributed by atoms with Crippen molar-refractivity contribution in [2.24, 2.45) is 5.92 Å². The first-order valence-corrected chi connectivity index (χ1v) is 20.3. The van der Waals surface area contributed by atoms with Gasteiger partial charge >= 0.3 is 0 Å². The number of aliphatic hydroxyl groups excluding tert-OH is 1. The van der Waals surface area contributed by atoms with Crippen molar-refractivity contribution in [3.05, 3.63) is 120 Å². The molecule has 6 rings (SSSR count).